The van der Waals surface area contributed by atoms with Crippen LogP contribution in [-0.2, 0) is 14.3 Å². The van der Waals surface area contributed by atoms with Crippen molar-refractivity contribution < 1.29 is 19.1 Å². The minimum atomic E-state index is -0.724. The van der Waals surface area contributed by atoms with Gasteiger partial charge in [0.1, 0.15) is 11.6 Å². The van der Waals surface area contributed by atoms with Crippen molar-refractivity contribution in [3.8, 4) is 0 Å². The fourth-order valence-electron chi connectivity index (χ4n) is 1.23. The minimum Gasteiger partial charge on any atom is -0.444 e. The maximum absolute atomic E-state index is 11.8. The van der Waals surface area contributed by atoms with E-state index >= 15 is 0 Å². The van der Waals surface area contributed by atoms with Crippen molar-refractivity contribution in [2.75, 3.05) is 0 Å². The van der Waals surface area contributed by atoms with Gasteiger partial charge in [-0.1, -0.05) is 6.08 Å². The number of hydrogen-bond acceptors (Lipinski definition) is 4. The van der Waals surface area contributed by atoms with E-state index in [-0.39, 0.29) is 17.7 Å². The number of nitrogens with one attached hydrogen (secondary N) is 2. The van der Waals surface area contributed by atoms with Gasteiger partial charge in [-0.2, -0.15) is 0 Å². The van der Waals surface area contributed by atoms with E-state index < -0.39 is 17.7 Å². The van der Waals surface area contributed by atoms with Crippen LogP contribution in [0.1, 0.15) is 41.5 Å². The van der Waals surface area contributed by atoms with E-state index in [2.05, 4.69) is 10.6 Å². The fraction of sp³-hybridized carbons (Fsp3) is 0.643. The second kappa shape index (κ2) is 7.67. The Labute approximate surface area is 119 Å². The van der Waals surface area contributed by atoms with Crippen LogP contribution in [0.3, 0.4) is 0 Å². The van der Waals surface area contributed by atoms with Gasteiger partial charge in [-0.25, -0.2) is 4.79 Å². The molecule has 0 saturated heterocycles. The van der Waals surface area contributed by atoms with Gasteiger partial charge in [0.25, 0.3) is 0 Å². The highest BCUT2D eigenvalue weighted by molar-refractivity contribution is 5.88. The standard InChI is InChI=1S/C14H24N2O4/c1-9(7-8-10(2)17)15-12(18)11(3)16-13(19)20-14(4,5)6/h7-9,11H,1-6H3,(H,15,18)(H,16,19)/b8-7+. The van der Waals surface area contributed by atoms with E-state index in [0.717, 1.165) is 0 Å². The van der Waals surface area contributed by atoms with Gasteiger partial charge in [-0.3, -0.25) is 9.59 Å². The predicted molar refractivity (Wildman–Crippen MR) is 76.3 cm³/mol. The highest BCUT2D eigenvalue weighted by atomic mass is 16.6. The summed E-state index contributed by atoms with van der Waals surface area (Å²) in [6.07, 6.45) is 2.32. The van der Waals surface area contributed by atoms with Gasteiger partial charge in [0.2, 0.25) is 5.91 Å². The predicted octanol–water partition coefficient (Wildman–Crippen LogP) is 1.55. The molecule has 0 aromatic carbocycles. The molecule has 2 N–H and O–H groups in total. The Balaban J connectivity index is 4.28. The van der Waals surface area contributed by atoms with Gasteiger partial charge in [0.15, 0.2) is 5.78 Å². The second-order valence-electron chi connectivity index (χ2n) is 5.63. The van der Waals surface area contributed by atoms with Crippen LogP contribution in [0.2, 0.25) is 0 Å². The zero-order valence-corrected chi connectivity index (χ0v) is 12.9. The van der Waals surface area contributed by atoms with Gasteiger partial charge >= 0.3 is 6.09 Å². The van der Waals surface area contributed by atoms with E-state index in [0.29, 0.717) is 0 Å². The van der Waals surface area contributed by atoms with Crippen LogP contribution >= 0.6 is 0 Å². The van der Waals surface area contributed by atoms with Gasteiger partial charge in [-0.15, -0.1) is 0 Å². The third-order valence-corrected chi connectivity index (χ3v) is 2.12. The van der Waals surface area contributed by atoms with E-state index in [4.69, 9.17) is 4.74 Å². The molecular weight excluding hydrogens is 260 g/mol. The number of allylic oxidation sites excluding steroid dienone is 1. The third-order valence-electron chi connectivity index (χ3n) is 2.12. The molecule has 0 aromatic rings. The summed E-state index contributed by atoms with van der Waals surface area (Å²) >= 11 is 0. The summed E-state index contributed by atoms with van der Waals surface area (Å²) < 4.78 is 5.05. The molecule has 0 aliphatic heterocycles. The lowest BCUT2D eigenvalue weighted by Crippen LogP contribution is -2.48. The summed E-state index contributed by atoms with van der Waals surface area (Å²) in [5.41, 5.74) is -0.613. The molecule has 2 unspecified atom stereocenters. The summed E-state index contributed by atoms with van der Waals surface area (Å²) in [4.78, 5) is 34.1. The average Bonchev–Trinajstić information content (AvgIpc) is 2.23. The van der Waals surface area contributed by atoms with Crippen LogP contribution in [0, 0.1) is 0 Å². The Morgan fingerprint density at radius 1 is 1.10 bits per heavy atom. The lowest BCUT2D eigenvalue weighted by molar-refractivity contribution is -0.123. The molecule has 2 atom stereocenters. The summed E-state index contributed by atoms with van der Waals surface area (Å²) in [7, 11) is 0. The Bertz CT molecular complexity index is 396. The van der Waals surface area contributed by atoms with Crippen molar-refractivity contribution in [1.29, 1.82) is 0 Å². The normalized spacial score (nSPS) is 14.5. The summed E-state index contributed by atoms with van der Waals surface area (Å²) in [6.45, 7) is 9.94. The molecule has 0 aliphatic carbocycles. The first-order valence-electron chi connectivity index (χ1n) is 6.50. The average molecular weight is 284 g/mol. The Kier molecular flexibility index (Phi) is 6.96. The van der Waals surface area contributed by atoms with Crippen molar-refractivity contribution in [1.82, 2.24) is 10.6 Å². The molecule has 0 rings (SSSR count). The molecule has 0 heterocycles. The molecule has 2 amide bonds. The van der Waals surface area contributed by atoms with Crippen molar-refractivity contribution in [2.45, 2.75) is 59.2 Å². The number of alkyl carbamates (subject to hydrolysis) is 1. The third kappa shape index (κ3) is 9.13. The molecule has 0 fully saturated rings. The zero-order chi connectivity index (χ0) is 15.9. The van der Waals surface area contributed by atoms with Gasteiger partial charge in [-0.05, 0) is 47.6 Å². The van der Waals surface area contributed by atoms with E-state index in [1.807, 2.05) is 0 Å². The van der Waals surface area contributed by atoms with Crippen molar-refractivity contribution in [2.24, 2.45) is 0 Å². The van der Waals surface area contributed by atoms with E-state index in [1.54, 1.807) is 40.7 Å². The highest BCUT2D eigenvalue weighted by Gasteiger charge is 2.21. The first-order chi connectivity index (χ1) is 9.01. The SMILES string of the molecule is CC(=O)/C=C/C(C)NC(=O)C(C)NC(=O)OC(C)(C)C. The van der Waals surface area contributed by atoms with Crippen LogP contribution in [0.5, 0.6) is 0 Å². The first kappa shape index (κ1) is 18.1. The molecule has 114 valence electrons. The lowest BCUT2D eigenvalue weighted by Gasteiger charge is -2.22. The molecule has 6 heteroatoms. The molecule has 0 spiro atoms. The molecule has 0 aliphatic rings. The fourth-order valence-corrected chi connectivity index (χ4v) is 1.23. The lowest BCUT2D eigenvalue weighted by atomic mass is 10.2. The molecular formula is C14H24N2O4. The summed E-state index contributed by atoms with van der Waals surface area (Å²) in [6, 6.07) is -1.02. The van der Waals surface area contributed by atoms with E-state index in [1.165, 1.54) is 13.0 Å². The number of rotatable bonds is 5. The van der Waals surface area contributed by atoms with Crippen LogP contribution in [0.25, 0.3) is 0 Å². The van der Waals surface area contributed by atoms with Crippen LogP contribution in [0.15, 0.2) is 12.2 Å². The van der Waals surface area contributed by atoms with Crippen molar-refractivity contribution >= 4 is 17.8 Å². The number of hydrogen-bond donors (Lipinski definition) is 2. The largest absolute Gasteiger partial charge is 0.444 e. The number of carbonyl (C=O) groups is 3. The molecule has 0 saturated carbocycles. The summed E-state index contributed by atoms with van der Waals surface area (Å²) in [5.74, 6) is -0.442. The molecule has 0 bridgehead atoms. The number of carbonyl (C=O) groups excluding carboxylic acids is 3. The van der Waals surface area contributed by atoms with Crippen LogP contribution in [0.4, 0.5) is 4.79 Å². The molecule has 0 radical (unpaired) electrons. The summed E-state index contributed by atoms with van der Waals surface area (Å²) in [5, 5.41) is 5.10. The maximum Gasteiger partial charge on any atom is 0.408 e. The Morgan fingerprint density at radius 3 is 2.10 bits per heavy atom. The minimum absolute atomic E-state index is 0.0916. The molecule has 6 nitrogen and oxygen atoms in total. The van der Waals surface area contributed by atoms with Crippen molar-refractivity contribution in [3.05, 3.63) is 12.2 Å². The van der Waals surface area contributed by atoms with E-state index in [9.17, 15) is 14.4 Å². The van der Waals surface area contributed by atoms with Gasteiger partial charge in [0.05, 0.1) is 0 Å². The maximum atomic E-state index is 11.8. The number of ether oxygens (including phenoxy) is 1. The number of ketones is 1. The molecule has 20 heavy (non-hydrogen) atoms. The number of amides is 2. The molecule has 0 aromatic heterocycles. The van der Waals surface area contributed by atoms with Crippen LogP contribution in [-0.4, -0.2) is 35.5 Å². The second-order valence-corrected chi connectivity index (χ2v) is 5.63. The zero-order valence-electron chi connectivity index (χ0n) is 12.9. The smallest absolute Gasteiger partial charge is 0.408 e. The topological polar surface area (TPSA) is 84.5 Å². The van der Waals surface area contributed by atoms with Gasteiger partial charge < -0.3 is 15.4 Å². The van der Waals surface area contributed by atoms with Gasteiger partial charge in [0, 0.05) is 6.04 Å². The van der Waals surface area contributed by atoms with Crippen LogP contribution < -0.4 is 10.6 Å². The monoisotopic (exact) mass is 284 g/mol. The van der Waals surface area contributed by atoms with Crippen molar-refractivity contribution in [3.63, 3.8) is 0 Å². The Hall–Kier alpha value is -1.85. The first-order valence-corrected chi connectivity index (χ1v) is 6.50. The Morgan fingerprint density at radius 2 is 1.65 bits per heavy atom. The highest BCUT2D eigenvalue weighted by Crippen LogP contribution is 2.06. The quantitative estimate of drug-likeness (QED) is 0.750.